The van der Waals surface area contributed by atoms with E-state index in [0.717, 1.165) is 12.0 Å². The summed E-state index contributed by atoms with van der Waals surface area (Å²) in [5.74, 6) is 0. The minimum absolute atomic E-state index is 0.451. The van der Waals surface area contributed by atoms with Gasteiger partial charge in [-0.2, -0.15) is 0 Å². The van der Waals surface area contributed by atoms with E-state index in [9.17, 15) is 0 Å². The molecule has 0 aromatic rings. The zero-order valence-electron chi connectivity index (χ0n) is 14.1. The van der Waals surface area contributed by atoms with Crippen molar-refractivity contribution in [2.24, 2.45) is 10.4 Å². The van der Waals surface area contributed by atoms with Crippen LogP contribution in [0.15, 0.2) is 40.4 Å². The average Bonchev–Trinajstić information content (AvgIpc) is 2.44. The molecule has 1 unspecified atom stereocenters. The highest BCUT2D eigenvalue weighted by Crippen LogP contribution is 2.42. The standard InChI is InChI=1S/C19H31N/c1-7-17(20-6)18(15(3)4)16(5)14-19(8-2)12-10-9-11-13-19/h9-10H,3,7-8,11-14H2,1-2,4-6H3/b18-16+,20-17-. The molecule has 0 fully saturated rings. The predicted octanol–water partition coefficient (Wildman–Crippen LogP) is 5.89. The maximum atomic E-state index is 4.47. The van der Waals surface area contributed by atoms with E-state index in [1.54, 1.807) is 0 Å². The number of hydrogen-bond acceptors (Lipinski definition) is 1. The van der Waals surface area contributed by atoms with Crippen LogP contribution in [0.5, 0.6) is 0 Å². The normalized spacial score (nSPS) is 24.6. The summed E-state index contributed by atoms with van der Waals surface area (Å²) in [6, 6.07) is 0. The van der Waals surface area contributed by atoms with Crippen LogP contribution in [0.25, 0.3) is 0 Å². The third-order valence-corrected chi connectivity index (χ3v) is 4.70. The summed E-state index contributed by atoms with van der Waals surface area (Å²) in [5, 5.41) is 0. The van der Waals surface area contributed by atoms with Crippen LogP contribution in [0.3, 0.4) is 0 Å². The molecule has 0 saturated carbocycles. The highest BCUT2D eigenvalue weighted by Gasteiger charge is 2.29. The molecule has 20 heavy (non-hydrogen) atoms. The van der Waals surface area contributed by atoms with Gasteiger partial charge in [-0.05, 0) is 68.9 Å². The second-order valence-electron chi connectivity index (χ2n) is 6.20. The van der Waals surface area contributed by atoms with Gasteiger partial charge in [0.05, 0.1) is 0 Å². The van der Waals surface area contributed by atoms with Crippen molar-refractivity contribution in [3.05, 3.63) is 35.5 Å². The Morgan fingerprint density at radius 2 is 1.95 bits per heavy atom. The van der Waals surface area contributed by atoms with E-state index in [-0.39, 0.29) is 0 Å². The maximum Gasteiger partial charge on any atom is 0.0416 e. The monoisotopic (exact) mass is 273 g/mol. The number of aliphatic imine (C=N–C) groups is 1. The first-order chi connectivity index (χ1) is 9.49. The van der Waals surface area contributed by atoms with Crippen molar-refractivity contribution >= 4 is 5.71 Å². The minimum atomic E-state index is 0.451. The van der Waals surface area contributed by atoms with E-state index in [0.29, 0.717) is 5.41 Å². The Hall–Kier alpha value is -1.11. The molecule has 0 amide bonds. The summed E-state index contributed by atoms with van der Waals surface area (Å²) in [5.41, 5.74) is 5.59. The van der Waals surface area contributed by atoms with Crippen molar-refractivity contribution < 1.29 is 0 Å². The molecule has 0 aliphatic heterocycles. The lowest BCUT2D eigenvalue weighted by Gasteiger charge is -2.35. The molecule has 1 atom stereocenters. The first kappa shape index (κ1) is 16.9. The largest absolute Gasteiger partial charge is 0.292 e. The Balaban J connectivity index is 3.10. The Bertz CT molecular complexity index is 437. The lowest BCUT2D eigenvalue weighted by atomic mass is 9.70. The molecule has 1 heteroatoms. The van der Waals surface area contributed by atoms with E-state index in [2.05, 4.69) is 51.4 Å². The second-order valence-corrected chi connectivity index (χ2v) is 6.20. The summed E-state index contributed by atoms with van der Waals surface area (Å²) in [4.78, 5) is 4.47. The van der Waals surface area contributed by atoms with Crippen LogP contribution < -0.4 is 0 Å². The average molecular weight is 273 g/mol. The molecule has 112 valence electrons. The maximum absolute atomic E-state index is 4.47. The third kappa shape index (κ3) is 3.94. The van der Waals surface area contributed by atoms with Crippen LogP contribution in [0, 0.1) is 5.41 Å². The molecule has 0 heterocycles. The highest BCUT2D eigenvalue weighted by atomic mass is 14.7. The topological polar surface area (TPSA) is 12.4 Å². The van der Waals surface area contributed by atoms with E-state index in [1.165, 1.54) is 49.0 Å². The van der Waals surface area contributed by atoms with Gasteiger partial charge in [-0.1, -0.05) is 38.2 Å². The Labute approximate surface area is 125 Å². The molecule has 1 aliphatic rings. The van der Waals surface area contributed by atoms with E-state index in [4.69, 9.17) is 0 Å². The molecule has 0 aromatic carbocycles. The fourth-order valence-corrected chi connectivity index (χ4v) is 3.50. The summed E-state index contributed by atoms with van der Waals surface area (Å²) in [6.07, 6.45) is 11.9. The molecule has 0 spiro atoms. The Kier molecular flexibility index (Phi) is 6.45. The molecule has 1 rings (SSSR count). The fraction of sp³-hybridized carbons (Fsp3) is 0.632. The quantitative estimate of drug-likeness (QED) is 0.325. The van der Waals surface area contributed by atoms with Gasteiger partial charge in [0.2, 0.25) is 0 Å². The zero-order valence-corrected chi connectivity index (χ0v) is 14.1. The van der Waals surface area contributed by atoms with Crippen molar-refractivity contribution in [2.45, 2.75) is 66.2 Å². The molecular formula is C19H31N. The first-order valence-electron chi connectivity index (χ1n) is 7.96. The number of allylic oxidation sites excluding steroid dienone is 5. The van der Waals surface area contributed by atoms with Gasteiger partial charge in [-0.25, -0.2) is 0 Å². The molecule has 0 saturated heterocycles. The zero-order chi connectivity index (χ0) is 15.2. The van der Waals surface area contributed by atoms with Crippen molar-refractivity contribution in [3.8, 4) is 0 Å². The number of hydrogen-bond donors (Lipinski definition) is 0. The van der Waals surface area contributed by atoms with Gasteiger partial charge < -0.3 is 0 Å². The molecule has 0 aromatic heterocycles. The molecule has 0 N–H and O–H groups in total. The van der Waals surface area contributed by atoms with Crippen molar-refractivity contribution in [3.63, 3.8) is 0 Å². The highest BCUT2D eigenvalue weighted by molar-refractivity contribution is 6.04. The molecule has 0 bridgehead atoms. The lowest BCUT2D eigenvalue weighted by molar-refractivity contribution is 0.243. The van der Waals surface area contributed by atoms with Gasteiger partial charge in [-0.15, -0.1) is 0 Å². The van der Waals surface area contributed by atoms with Crippen LogP contribution in [0.1, 0.15) is 66.2 Å². The van der Waals surface area contributed by atoms with Gasteiger partial charge >= 0.3 is 0 Å². The summed E-state index contributed by atoms with van der Waals surface area (Å²) in [6.45, 7) is 13.1. The summed E-state index contributed by atoms with van der Waals surface area (Å²) in [7, 11) is 1.90. The Morgan fingerprint density at radius 3 is 2.35 bits per heavy atom. The molecule has 0 radical (unpaired) electrons. The predicted molar refractivity (Wildman–Crippen MR) is 91.5 cm³/mol. The van der Waals surface area contributed by atoms with Gasteiger partial charge in [0.25, 0.3) is 0 Å². The SMILES string of the molecule is C=C(C)C(/C(CC)=N\C)=C(/C)CC1(CC)CC=CCC1. The first-order valence-corrected chi connectivity index (χ1v) is 7.96. The number of rotatable bonds is 6. The lowest BCUT2D eigenvalue weighted by Crippen LogP contribution is -2.22. The van der Waals surface area contributed by atoms with Crippen molar-refractivity contribution in [1.82, 2.24) is 0 Å². The summed E-state index contributed by atoms with van der Waals surface area (Å²) < 4.78 is 0. The van der Waals surface area contributed by atoms with Gasteiger partial charge in [0, 0.05) is 12.8 Å². The van der Waals surface area contributed by atoms with Crippen LogP contribution >= 0.6 is 0 Å². The van der Waals surface area contributed by atoms with Crippen molar-refractivity contribution in [1.29, 1.82) is 0 Å². The van der Waals surface area contributed by atoms with Crippen LogP contribution in [-0.2, 0) is 0 Å². The van der Waals surface area contributed by atoms with Gasteiger partial charge in [0.1, 0.15) is 0 Å². The molecular weight excluding hydrogens is 242 g/mol. The second kappa shape index (κ2) is 7.61. The minimum Gasteiger partial charge on any atom is -0.292 e. The van der Waals surface area contributed by atoms with Crippen LogP contribution in [0.2, 0.25) is 0 Å². The molecule has 1 nitrogen and oxygen atoms in total. The van der Waals surface area contributed by atoms with Gasteiger partial charge in [0.15, 0.2) is 0 Å². The smallest absolute Gasteiger partial charge is 0.0416 e. The van der Waals surface area contributed by atoms with E-state index >= 15 is 0 Å². The van der Waals surface area contributed by atoms with E-state index in [1.807, 2.05) is 7.05 Å². The number of nitrogens with zero attached hydrogens (tertiary/aromatic N) is 1. The van der Waals surface area contributed by atoms with Gasteiger partial charge in [-0.3, -0.25) is 4.99 Å². The van der Waals surface area contributed by atoms with Crippen molar-refractivity contribution in [2.75, 3.05) is 7.05 Å². The van der Waals surface area contributed by atoms with E-state index < -0.39 is 0 Å². The summed E-state index contributed by atoms with van der Waals surface area (Å²) >= 11 is 0. The van der Waals surface area contributed by atoms with Crippen LogP contribution in [-0.4, -0.2) is 12.8 Å². The molecule has 1 aliphatic carbocycles. The fourth-order valence-electron chi connectivity index (χ4n) is 3.50. The Morgan fingerprint density at radius 1 is 1.25 bits per heavy atom. The van der Waals surface area contributed by atoms with Crippen LogP contribution in [0.4, 0.5) is 0 Å². The third-order valence-electron chi connectivity index (χ3n) is 4.70.